The number of hydrogen-bond donors (Lipinski definition) is 1. The van der Waals surface area contributed by atoms with Gasteiger partial charge in [-0.3, -0.25) is 4.79 Å². The number of aryl methyl sites for hydroxylation is 1. The molecule has 0 aliphatic rings. The number of anilines is 1. The van der Waals surface area contributed by atoms with Gasteiger partial charge in [0.05, 0.1) is 6.10 Å². The predicted octanol–water partition coefficient (Wildman–Crippen LogP) is 4.33. The van der Waals surface area contributed by atoms with Crippen LogP contribution in [0, 0.1) is 18.3 Å². The first-order chi connectivity index (χ1) is 11.5. The molecule has 4 nitrogen and oxygen atoms in total. The largest absolute Gasteiger partial charge is 0.491 e. The second-order valence-corrected chi connectivity index (χ2v) is 5.67. The van der Waals surface area contributed by atoms with Crippen LogP contribution in [0.5, 0.6) is 5.75 Å². The van der Waals surface area contributed by atoms with Crippen LogP contribution in [0.4, 0.5) is 5.69 Å². The van der Waals surface area contributed by atoms with Crippen LogP contribution in [0.25, 0.3) is 6.08 Å². The molecule has 0 fully saturated rings. The van der Waals surface area contributed by atoms with Gasteiger partial charge in [0.1, 0.15) is 17.4 Å². The standard InChI is InChI=1S/C20H20N2O2/c1-14(2)24-19-10-6-9-18(12-19)22-20(23)17(13-21)11-16-8-5-4-7-15(16)3/h4-12,14H,1-3H3,(H,22,23)/b17-11-. The molecule has 0 saturated heterocycles. The molecule has 0 aliphatic heterocycles. The summed E-state index contributed by atoms with van der Waals surface area (Å²) in [5, 5.41) is 12.0. The Bertz CT molecular complexity index is 801. The van der Waals surface area contributed by atoms with Crippen molar-refractivity contribution in [1.29, 1.82) is 5.26 Å². The van der Waals surface area contributed by atoms with Crippen molar-refractivity contribution in [1.82, 2.24) is 0 Å². The lowest BCUT2D eigenvalue weighted by atomic mass is 10.1. The molecule has 2 aromatic rings. The van der Waals surface area contributed by atoms with Gasteiger partial charge in [-0.1, -0.05) is 30.3 Å². The highest BCUT2D eigenvalue weighted by molar-refractivity contribution is 6.09. The van der Waals surface area contributed by atoms with Crippen LogP contribution in [0.2, 0.25) is 0 Å². The molecule has 0 saturated carbocycles. The summed E-state index contributed by atoms with van der Waals surface area (Å²) < 4.78 is 5.60. The Labute approximate surface area is 142 Å². The maximum absolute atomic E-state index is 12.4. The molecular weight excluding hydrogens is 300 g/mol. The van der Waals surface area contributed by atoms with Crippen LogP contribution in [0.3, 0.4) is 0 Å². The highest BCUT2D eigenvalue weighted by Gasteiger charge is 2.11. The van der Waals surface area contributed by atoms with Crippen molar-refractivity contribution in [3.05, 3.63) is 65.2 Å². The van der Waals surface area contributed by atoms with Crippen LogP contribution < -0.4 is 10.1 Å². The van der Waals surface area contributed by atoms with Crippen molar-refractivity contribution in [2.75, 3.05) is 5.32 Å². The molecule has 1 amide bonds. The van der Waals surface area contributed by atoms with Crippen LogP contribution >= 0.6 is 0 Å². The fraction of sp³-hybridized carbons (Fsp3) is 0.200. The predicted molar refractivity (Wildman–Crippen MR) is 95.6 cm³/mol. The average Bonchev–Trinajstić information content (AvgIpc) is 2.53. The number of hydrogen-bond acceptors (Lipinski definition) is 3. The highest BCUT2D eigenvalue weighted by Crippen LogP contribution is 2.19. The fourth-order valence-corrected chi connectivity index (χ4v) is 2.17. The number of carbonyl (C=O) groups is 1. The minimum Gasteiger partial charge on any atom is -0.491 e. The SMILES string of the molecule is Cc1ccccc1/C=C(/C#N)C(=O)Nc1cccc(OC(C)C)c1. The van der Waals surface area contributed by atoms with Gasteiger partial charge in [0.2, 0.25) is 0 Å². The molecule has 1 N–H and O–H groups in total. The Balaban J connectivity index is 2.19. The Kier molecular flexibility index (Phi) is 5.75. The summed E-state index contributed by atoms with van der Waals surface area (Å²) in [5.41, 5.74) is 2.50. The van der Waals surface area contributed by atoms with E-state index in [-0.39, 0.29) is 11.7 Å². The Morgan fingerprint density at radius 1 is 1.21 bits per heavy atom. The molecule has 0 heterocycles. The van der Waals surface area contributed by atoms with E-state index in [4.69, 9.17) is 4.74 Å². The van der Waals surface area contributed by atoms with Crippen LogP contribution in [-0.2, 0) is 4.79 Å². The normalized spacial score (nSPS) is 11.0. The van der Waals surface area contributed by atoms with Gasteiger partial charge in [-0.2, -0.15) is 5.26 Å². The van der Waals surface area contributed by atoms with Crippen molar-refractivity contribution in [3.63, 3.8) is 0 Å². The number of rotatable bonds is 5. The molecule has 0 radical (unpaired) electrons. The summed E-state index contributed by atoms with van der Waals surface area (Å²) in [6.07, 6.45) is 1.64. The zero-order chi connectivity index (χ0) is 17.5. The molecular formula is C20H20N2O2. The van der Waals surface area contributed by atoms with E-state index in [1.165, 1.54) is 0 Å². The maximum Gasteiger partial charge on any atom is 0.266 e. The van der Waals surface area contributed by atoms with Crippen molar-refractivity contribution in [2.45, 2.75) is 26.9 Å². The van der Waals surface area contributed by atoms with Crippen LogP contribution in [0.15, 0.2) is 54.1 Å². The Morgan fingerprint density at radius 2 is 1.96 bits per heavy atom. The van der Waals surface area contributed by atoms with Crippen LogP contribution in [-0.4, -0.2) is 12.0 Å². The Morgan fingerprint density at radius 3 is 2.62 bits per heavy atom. The zero-order valence-corrected chi connectivity index (χ0v) is 14.0. The van der Waals surface area contributed by atoms with E-state index in [1.807, 2.05) is 57.2 Å². The average molecular weight is 320 g/mol. The van der Waals surface area contributed by atoms with Gasteiger partial charge in [-0.15, -0.1) is 0 Å². The first-order valence-electron chi connectivity index (χ1n) is 7.75. The highest BCUT2D eigenvalue weighted by atomic mass is 16.5. The molecule has 122 valence electrons. The first-order valence-corrected chi connectivity index (χ1v) is 7.75. The number of nitrogens with zero attached hydrogens (tertiary/aromatic N) is 1. The first kappa shape index (κ1) is 17.3. The Hall–Kier alpha value is -3.06. The molecule has 0 atom stereocenters. The minimum atomic E-state index is -0.442. The second-order valence-electron chi connectivity index (χ2n) is 5.67. The number of nitriles is 1. The maximum atomic E-state index is 12.4. The van der Waals surface area contributed by atoms with E-state index < -0.39 is 5.91 Å². The smallest absolute Gasteiger partial charge is 0.266 e. The van der Waals surface area contributed by atoms with E-state index in [1.54, 1.807) is 24.3 Å². The van der Waals surface area contributed by atoms with Gasteiger partial charge >= 0.3 is 0 Å². The van der Waals surface area contributed by atoms with Crippen molar-refractivity contribution in [2.24, 2.45) is 0 Å². The molecule has 0 unspecified atom stereocenters. The van der Waals surface area contributed by atoms with Gasteiger partial charge in [0.15, 0.2) is 0 Å². The van der Waals surface area contributed by atoms with Gasteiger partial charge in [-0.25, -0.2) is 0 Å². The van der Waals surface area contributed by atoms with Gasteiger partial charge in [0.25, 0.3) is 5.91 Å². The van der Waals surface area contributed by atoms with Crippen LogP contribution in [0.1, 0.15) is 25.0 Å². The molecule has 24 heavy (non-hydrogen) atoms. The molecule has 0 aliphatic carbocycles. The quantitative estimate of drug-likeness (QED) is 0.659. The molecule has 4 heteroatoms. The van der Waals surface area contributed by atoms with E-state index in [0.29, 0.717) is 11.4 Å². The summed E-state index contributed by atoms with van der Waals surface area (Å²) in [4.78, 5) is 12.4. The minimum absolute atomic E-state index is 0.0478. The van der Waals surface area contributed by atoms with Gasteiger partial charge in [-0.05, 0) is 50.1 Å². The molecule has 2 rings (SSSR count). The third-order valence-corrected chi connectivity index (χ3v) is 3.32. The number of ether oxygens (including phenoxy) is 1. The van der Waals surface area contributed by atoms with Crippen molar-refractivity contribution >= 4 is 17.7 Å². The van der Waals surface area contributed by atoms with Crippen molar-refractivity contribution < 1.29 is 9.53 Å². The fourth-order valence-electron chi connectivity index (χ4n) is 2.17. The number of carbonyl (C=O) groups excluding carboxylic acids is 1. The van der Waals surface area contributed by atoms with Crippen molar-refractivity contribution in [3.8, 4) is 11.8 Å². The lowest BCUT2D eigenvalue weighted by Crippen LogP contribution is -2.14. The van der Waals surface area contributed by atoms with Gasteiger partial charge in [0, 0.05) is 11.8 Å². The summed E-state index contributed by atoms with van der Waals surface area (Å²) in [6, 6.07) is 16.7. The summed E-state index contributed by atoms with van der Waals surface area (Å²) in [5.74, 6) is 0.228. The molecule has 0 bridgehead atoms. The van der Waals surface area contributed by atoms with E-state index in [9.17, 15) is 10.1 Å². The molecule has 2 aromatic carbocycles. The third kappa shape index (κ3) is 4.72. The number of amides is 1. The lowest BCUT2D eigenvalue weighted by Gasteiger charge is -2.11. The third-order valence-electron chi connectivity index (χ3n) is 3.32. The monoisotopic (exact) mass is 320 g/mol. The summed E-state index contributed by atoms with van der Waals surface area (Å²) in [7, 11) is 0. The number of nitrogens with one attached hydrogen (secondary N) is 1. The van der Waals surface area contributed by atoms with E-state index >= 15 is 0 Å². The molecule has 0 spiro atoms. The topological polar surface area (TPSA) is 62.1 Å². The second kappa shape index (κ2) is 7.98. The summed E-state index contributed by atoms with van der Waals surface area (Å²) in [6.45, 7) is 5.80. The van der Waals surface area contributed by atoms with E-state index in [0.717, 1.165) is 11.1 Å². The zero-order valence-electron chi connectivity index (χ0n) is 14.0. The lowest BCUT2D eigenvalue weighted by molar-refractivity contribution is -0.112. The van der Waals surface area contributed by atoms with E-state index in [2.05, 4.69) is 5.32 Å². The number of benzene rings is 2. The summed E-state index contributed by atoms with van der Waals surface area (Å²) >= 11 is 0. The van der Waals surface area contributed by atoms with Gasteiger partial charge < -0.3 is 10.1 Å². The molecule has 0 aromatic heterocycles.